The van der Waals surface area contributed by atoms with Gasteiger partial charge in [0.05, 0.1) is 18.2 Å². The molecule has 8 nitrogen and oxygen atoms in total. The number of ether oxygens (including phenoxy) is 3. The van der Waals surface area contributed by atoms with Crippen LogP contribution in [0.3, 0.4) is 0 Å². The molecule has 3 aliphatic heterocycles. The van der Waals surface area contributed by atoms with E-state index in [1.165, 1.54) is 0 Å². The van der Waals surface area contributed by atoms with Gasteiger partial charge in [-0.15, -0.1) is 0 Å². The zero-order valence-corrected chi connectivity index (χ0v) is 18.8. The molecule has 1 amide bonds. The number of hydrogen-bond acceptors (Lipinski definition) is 6. The van der Waals surface area contributed by atoms with E-state index >= 15 is 0 Å². The van der Waals surface area contributed by atoms with Gasteiger partial charge in [-0.05, 0) is 56.8 Å². The van der Waals surface area contributed by atoms with Gasteiger partial charge in [-0.1, -0.05) is 6.92 Å². The van der Waals surface area contributed by atoms with Gasteiger partial charge in [0.25, 0.3) is 5.91 Å². The summed E-state index contributed by atoms with van der Waals surface area (Å²) < 4.78 is 18.4. The minimum atomic E-state index is -0.117. The van der Waals surface area contributed by atoms with Gasteiger partial charge >= 0.3 is 5.97 Å². The number of amides is 1. The summed E-state index contributed by atoms with van der Waals surface area (Å²) in [5.74, 6) is -0.0650. The van der Waals surface area contributed by atoms with E-state index in [0.29, 0.717) is 45.0 Å². The fraction of sp³-hybridized carbons (Fsp3) is 0.783. The highest BCUT2D eigenvalue weighted by Crippen LogP contribution is 2.38. The van der Waals surface area contributed by atoms with Crippen LogP contribution in [0, 0.1) is 17.3 Å². The standard InChI is InChI=1S/C23H35N3O5/c1-3-26-20-18(13-23(15-24-21(20)27)6-10-30-11-7-23)19(25-26)12-16(2)14-31-22(28)17-4-8-29-9-5-17/h16-17H,3-15H2,1-2H3,(H,24,27)/t16-/m1/s1. The topological polar surface area (TPSA) is 91.7 Å². The predicted octanol–water partition coefficient (Wildman–Crippen LogP) is 2.13. The highest BCUT2D eigenvalue weighted by atomic mass is 16.5. The largest absolute Gasteiger partial charge is 0.465 e. The molecule has 0 unspecified atom stereocenters. The molecule has 1 atom stereocenters. The number of nitrogens with one attached hydrogen (secondary N) is 1. The lowest BCUT2D eigenvalue weighted by Crippen LogP contribution is -2.40. The number of esters is 1. The van der Waals surface area contributed by atoms with Gasteiger partial charge in [0.1, 0.15) is 5.69 Å². The maximum Gasteiger partial charge on any atom is 0.309 e. The van der Waals surface area contributed by atoms with E-state index in [1.807, 2.05) is 11.6 Å². The summed E-state index contributed by atoms with van der Waals surface area (Å²) in [4.78, 5) is 25.3. The summed E-state index contributed by atoms with van der Waals surface area (Å²) in [6.45, 7) is 8.53. The summed E-state index contributed by atoms with van der Waals surface area (Å²) in [6, 6.07) is 0. The van der Waals surface area contributed by atoms with Crippen molar-refractivity contribution < 1.29 is 23.8 Å². The van der Waals surface area contributed by atoms with Crippen LogP contribution in [-0.4, -0.2) is 61.2 Å². The van der Waals surface area contributed by atoms with Crippen LogP contribution in [0.1, 0.15) is 61.3 Å². The highest BCUT2D eigenvalue weighted by Gasteiger charge is 2.39. The molecule has 3 aliphatic rings. The number of nitrogens with zero attached hydrogens (tertiary/aromatic N) is 2. The van der Waals surface area contributed by atoms with Crippen LogP contribution in [0.4, 0.5) is 0 Å². The smallest absolute Gasteiger partial charge is 0.309 e. The van der Waals surface area contributed by atoms with E-state index in [4.69, 9.17) is 19.3 Å². The molecule has 2 saturated heterocycles. The highest BCUT2D eigenvalue weighted by molar-refractivity contribution is 5.94. The van der Waals surface area contributed by atoms with Gasteiger partial charge in [-0.2, -0.15) is 5.10 Å². The van der Waals surface area contributed by atoms with Crippen LogP contribution in [0.15, 0.2) is 0 Å². The number of carbonyl (C=O) groups is 2. The van der Waals surface area contributed by atoms with Crippen molar-refractivity contribution in [1.82, 2.24) is 15.1 Å². The number of fused-ring (bicyclic) bond motifs is 1. The molecule has 1 N–H and O–H groups in total. The summed E-state index contributed by atoms with van der Waals surface area (Å²) in [5.41, 5.74) is 2.77. The lowest BCUT2D eigenvalue weighted by Gasteiger charge is -2.36. The molecule has 2 fully saturated rings. The molecule has 0 bridgehead atoms. The zero-order chi connectivity index (χ0) is 21.8. The third-order valence-corrected chi connectivity index (χ3v) is 6.98. The number of aromatic nitrogens is 2. The summed E-state index contributed by atoms with van der Waals surface area (Å²) in [7, 11) is 0. The summed E-state index contributed by atoms with van der Waals surface area (Å²) in [5, 5.41) is 7.95. The second kappa shape index (κ2) is 9.69. The number of hydrogen-bond donors (Lipinski definition) is 1. The molecule has 4 rings (SSSR count). The molecule has 1 aromatic rings. The maximum absolute atomic E-state index is 12.9. The molecule has 172 valence electrons. The van der Waals surface area contributed by atoms with Gasteiger partial charge in [-0.3, -0.25) is 14.3 Å². The first-order valence-electron chi connectivity index (χ1n) is 11.7. The van der Waals surface area contributed by atoms with Crippen LogP contribution in [-0.2, 0) is 38.4 Å². The van der Waals surface area contributed by atoms with E-state index in [9.17, 15) is 9.59 Å². The first kappa shape index (κ1) is 22.3. The van der Waals surface area contributed by atoms with Crippen LogP contribution < -0.4 is 5.32 Å². The first-order valence-corrected chi connectivity index (χ1v) is 11.7. The molecule has 1 aromatic heterocycles. The average Bonchev–Trinajstić information content (AvgIpc) is 3.06. The average molecular weight is 434 g/mol. The fourth-order valence-corrected chi connectivity index (χ4v) is 4.99. The molecule has 8 heteroatoms. The van der Waals surface area contributed by atoms with Crippen molar-refractivity contribution in [3.63, 3.8) is 0 Å². The Morgan fingerprint density at radius 3 is 2.68 bits per heavy atom. The molecule has 31 heavy (non-hydrogen) atoms. The Bertz CT molecular complexity index is 793. The number of aryl methyl sites for hydroxylation is 1. The quantitative estimate of drug-likeness (QED) is 0.691. The van der Waals surface area contributed by atoms with E-state index in [2.05, 4.69) is 12.2 Å². The van der Waals surface area contributed by atoms with E-state index < -0.39 is 0 Å². The Labute approximate surface area is 184 Å². The third kappa shape index (κ3) is 4.95. The number of carbonyl (C=O) groups excluding carboxylic acids is 2. The lowest BCUT2D eigenvalue weighted by molar-refractivity contribution is -0.152. The monoisotopic (exact) mass is 433 g/mol. The summed E-state index contributed by atoms with van der Waals surface area (Å²) in [6.07, 6.45) is 4.90. The van der Waals surface area contributed by atoms with Crippen molar-refractivity contribution >= 4 is 11.9 Å². The van der Waals surface area contributed by atoms with Crippen molar-refractivity contribution in [2.45, 2.75) is 58.9 Å². The molecule has 0 saturated carbocycles. The molecule has 0 radical (unpaired) electrons. The fourth-order valence-electron chi connectivity index (χ4n) is 4.99. The second-order valence-corrected chi connectivity index (χ2v) is 9.39. The molecular formula is C23H35N3O5. The lowest BCUT2D eigenvalue weighted by atomic mass is 9.75. The van der Waals surface area contributed by atoms with E-state index in [1.54, 1.807) is 0 Å². The summed E-state index contributed by atoms with van der Waals surface area (Å²) >= 11 is 0. The van der Waals surface area contributed by atoms with Crippen molar-refractivity contribution in [3.8, 4) is 0 Å². The van der Waals surface area contributed by atoms with Crippen LogP contribution in [0.25, 0.3) is 0 Å². The van der Waals surface area contributed by atoms with Crippen LogP contribution in [0.2, 0.25) is 0 Å². The van der Waals surface area contributed by atoms with Gasteiger partial charge in [-0.25, -0.2) is 0 Å². The van der Waals surface area contributed by atoms with Crippen LogP contribution >= 0.6 is 0 Å². The minimum absolute atomic E-state index is 0.0300. The first-order chi connectivity index (χ1) is 15.0. The minimum Gasteiger partial charge on any atom is -0.465 e. The molecule has 4 heterocycles. The zero-order valence-electron chi connectivity index (χ0n) is 18.8. The normalized spacial score (nSPS) is 22.5. The van der Waals surface area contributed by atoms with Crippen molar-refractivity contribution in [3.05, 3.63) is 17.0 Å². The maximum atomic E-state index is 12.9. The Balaban J connectivity index is 1.47. The van der Waals surface area contributed by atoms with E-state index in [0.717, 1.165) is 56.6 Å². The third-order valence-electron chi connectivity index (χ3n) is 6.98. The van der Waals surface area contributed by atoms with E-state index in [-0.39, 0.29) is 29.1 Å². The van der Waals surface area contributed by atoms with Crippen molar-refractivity contribution in [1.29, 1.82) is 0 Å². The second-order valence-electron chi connectivity index (χ2n) is 9.39. The van der Waals surface area contributed by atoms with Crippen molar-refractivity contribution in [2.75, 3.05) is 39.6 Å². The van der Waals surface area contributed by atoms with Gasteiger partial charge in [0.2, 0.25) is 0 Å². The molecule has 0 aliphatic carbocycles. The molecule has 0 aromatic carbocycles. The molecule has 1 spiro atoms. The Kier molecular flexibility index (Phi) is 6.96. The Hall–Kier alpha value is -1.93. The van der Waals surface area contributed by atoms with Gasteiger partial charge in [0.15, 0.2) is 0 Å². The predicted molar refractivity (Wildman–Crippen MR) is 114 cm³/mol. The van der Waals surface area contributed by atoms with Crippen LogP contribution in [0.5, 0.6) is 0 Å². The Morgan fingerprint density at radius 1 is 1.26 bits per heavy atom. The molecular weight excluding hydrogens is 398 g/mol. The van der Waals surface area contributed by atoms with Gasteiger partial charge < -0.3 is 19.5 Å². The Morgan fingerprint density at radius 2 is 1.97 bits per heavy atom. The number of rotatable bonds is 6. The van der Waals surface area contributed by atoms with Gasteiger partial charge in [0, 0.05) is 45.1 Å². The SMILES string of the molecule is CCn1nc(C[C@@H](C)COC(=O)C2CCOCC2)c2c1C(=O)NCC1(CCOCC1)C2. The van der Waals surface area contributed by atoms with Crippen molar-refractivity contribution in [2.24, 2.45) is 17.3 Å².